The van der Waals surface area contributed by atoms with Crippen LogP contribution >= 0.6 is 11.6 Å². The fourth-order valence-electron chi connectivity index (χ4n) is 4.27. The lowest BCUT2D eigenvalue weighted by molar-refractivity contribution is 0.0981. The monoisotopic (exact) mass is 508 g/mol. The van der Waals surface area contributed by atoms with Crippen molar-refractivity contribution < 1.29 is 13.2 Å². The van der Waals surface area contributed by atoms with Gasteiger partial charge in [-0.3, -0.25) is 4.79 Å². The fourth-order valence-corrected chi connectivity index (χ4v) is 5.67. The number of aryl methyl sites for hydroxylation is 1. The van der Waals surface area contributed by atoms with Gasteiger partial charge in [-0.05, 0) is 60.7 Å². The quantitative estimate of drug-likeness (QED) is 0.249. The van der Waals surface area contributed by atoms with E-state index < -0.39 is 15.9 Å². The third kappa shape index (κ3) is 5.95. The number of halogens is 1. The molecule has 0 unspecified atom stereocenters. The van der Waals surface area contributed by atoms with Gasteiger partial charge in [-0.15, -0.1) is 0 Å². The minimum atomic E-state index is -3.66. The van der Waals surface area contributed by atoms with E-state index in [-0.39, 0.29) is 5.75 Å². The molecule has 0 spiro atoms. The van der Waals surface area contributed by atoms with Gasteiger partial charge in [-0.25, -0.2) is 13.1 Å². The van der Waals surface area contributed by atoms with Gasteiger partial charge in [0.25, 0.3) is 5.91 Å². The predicted molar refractivity (Wildman–Crippen MR) is 144 cm³/mol. The number of benzene rings is 3. The molecule has 182 valence electrons. The largest absolute Gasteiger partial charge is 0.358 e. The van der Waals surface area contributed by atoms with Gasteiger partial charge in [0.1, 0.15) is 0 Å². The van der Waals surface area contributed by atoms with Crippen LogP contribution in [0.1, 0.15) is 53.4 Å². The topological polar surface area (TPSA) is 79.0 Å². The second-order valence-electron chi connectivity index (χ2n) is 8.80. The molecule has 0 aliphatic heterocycles. The molecule has 0 saturated heterocycles. The number of unbranched alkanes of at least 4 members (excludes halogenated alkanes) is 2. The number of rotatable bonds is 9. The Bertz CT molecular complexity index is 1460. The number of carbonyl (C=O) groups is 1. The van der Waals surface area contributed by atoms with E-state index in [4.69, 9.17) is 11.6 Å². The van der Waals surface area contributed by atoms with Crippen LogP contribution < -0.4 is 4.72 Å². The summed E-state index contributed by atoms with van der Waals surface area (Å²) in [6, 6.07) is 21.3. The van der Waals surface area contributed by atoms with Crippen LogP contribution in [0, 0.1) is 6.92 Å². The maximum Gasteiger partial charge on any atom is 0.264 e. The van der Waals surface area contributed by atoms with Gasteiger partial charge in [0.05, 0.1) is 5.75 Å². The molecule has 1 aromatic heterocycles. The lowest BCUT2D eigenvalue weighted by Gasteiger charge is -2.09. The van der Waals surface area contributed by atoms with E-state index >= 15 is 0 Å². The maximum atomic E-state index is 12.7. The van der Waals surface area contributed by atoms with Gasteiger partial charge in [0.15, 0.2) is 0 Å². The average Bonchev–Trinajstić information content (AvgIpc) is 3.13. The standard InChI is InChI=1S/C28H29ClN2O3S/c1-3-4-8-15-35(33,34)31-28(32)22-12-14-27-25(18-22)24(19(2)30-27)16-20-11-13-23(26(29)17-20)21-9-6-5-7-10-21/h5-7,9-14,17-18,30H,3-4,8,15-16H2,1-2H3,(H,31,32). The zero-order chi connectivity index (χ0) is 25.0. The average molecular weight is 509 g/mol. The number of sulfonamides is 1. The van der Waals surface area contributed by atoms with Crippen molar-refractivity contribution in [2.45, 2.75) is 39.5 Å². The van der Waals surface area contributed by atoms with E-state index in [9.17, 15) is 13.2 Å². The van der Waals surface area contributed by atoms with Crippen LogP contribution in [-0.2, 0) is 16.4 Å². The Morgan fingerprint density at radius 2 is 1.77 bits per heavy atom. The number of carbonyl (C=O) groups excluding carboxylic acids is 1. The van der Waals surface area contributed by atoms with E-state index in [2.05, 4.69) is 15.8 Å². The summed E-state index contributed by atoms with van der Waals surface area (Å²) in [6.07, 6.45) is 2.88. The molecule has 0 radical (unpaired) electrons. The third-order valence-electron chi connectivity index (χ3n) is 6.15. The highest BCUT2D eigenvalue weighted by molar-refractivity contribution is 7.90. The first kappa shape index (κ1) is 25.0. The highest BCUT2D eigenvalue weighted by Gasteiger charge is 2.18. The van der Waals surface area contributed by atoms with Crippen LogP contribution in [0.25, 0.3) is 22.0 Å². The third-order valence-corrected chi connectivity index (χ3v) is 7.78. The smallest absolute Gasteiger partial charge is 0.264 e. The number of fused-ring (bicyclic) bond motifs is 1. The predicted octanol–water partition coefficient (Wildman–Crippen LogP) is 6.64. The van der Waals surface area contributed by atoms with Crippen LogP contribution in [0.2, 0.25) is 5.02 Å². The molecule has 0 atom stereocenters. The van der Waals surface area contributed by atoms with Gasteiger partial charge in [0.2, 0.25) is 10.0 Å². The molecule has 0 aliphatic rings. The van der Waals surface area contributed by atoms with Gasteiger partial charge in [-0.2, -0.15) is 0 Å². The molecule has 1 amide bonds. The van der Waals surface area contributed by atoms with E-state index in [1.54, 1.807) is 12.1 Å². The molecule has 0 fully saturated rings. The Kier molecular flexibility index (Phi) is 7.63. The summed E-state index contributed by atoms with van der Waals surface area (Å²) >= 11 is 6.62. The summed E-state index contributed by atoms with van der Waals surface area (Å²) in [5.41, 5.74) is 6.34. The van der Waals surface area contributed by atoms with Crippen molar-refractivity contribution in [1.82, 2.24) is 9.71 Å². The Balaban J connectivity index is 1.58. The number of hydrogen-bond donors (Lipinski definition) is 2. The normalized spacial score (nSPS) is 11.6. The van der Waals surface area contributed by atoms with Gasteiger partial charge >= 0.3 is 0 Å². The highest BCUT2D eigenvalue weighted by Crippen LogP contribution is 2.31. The van der Waals surface area contributed by atoms with E-state index in [1.165, 1.54) is 0 Å². The van der Waals surface area contributed by atoms with E-state index in [0.717, 1.165) is 51.7 Å². The summed E-state index contributed by atoms with van der Waals surface area (Å²) in [4.78, 5) is 16.1. The Morgan fingerprint density at radius 1 is 1.00 bits per heavy atom. The Hall–Kier alpha value is -3.09. The van der Waals surface area contributed by atoms with Gasteiger partial charge < -0.3 is 4.98 Å². The van der Waals surface area contributed by atoms with Crippen molar-refractivity contribution in [3.63, 3.8) is 0 Å². The Morgan fingerprint density at radius 3 is 2.49 bits per heavy atom. The molecule has 4 aromatic rings. The molecule has 0 aliphatic carbocycles. The van der Waals surface area contributed by atoms with Crippen molar-refractivity contribution in [1.29, 1.82) is 0 Å². The van der Waals surface area contributed by atoms with Crippen molar-refractivity contribution in [3.05, 3.63) is 94.1 Å². The summed E-state index contributed by atoms with van der Waals surface area (Å²) in [5, 5.41) is 1.57. The van der Waals surface area contributed by atoms with Crippen LogP contribution in [-0.4, -0.2) is 25.1 Å². The number of H-pyrrole nitrogens is 1. The molecule has 7 heteroatoms. The lowest BCUT2D eigenvalue weighted by Crippen LogP contribution is -2.32. The van der Waals surface area contributed by atoms with Crippen LogP contribution in [0.3, 0.4) is 0 Å². The number of hydrogen-bond acceptors (Lipinski definition) is 3. The van der Waals surface area contributed by atoms with E-state index in [0.29, 0.717) is 23.4 Å². The molecule has 0 bridgehead atoms. The van der Waals surface area contributed by atoms with Crippen molar-refractivity contribution in [2.24, 2.45) is 0 Å². The second kappa shape index (κ2) is 10.7. The zero-order valence-electron chi connectivity index (χ0n) is 19.9. The minimum Gasteiger partial charge on any atom is -0.358 e. The number of aromatic nitrogens is 1. The van der Waals surface area contributed by atoms with Crippen molar-refractivity contribution in [3.8, 4) is 11.1 Å². The van der Waals surface area contributed by atoms with Crippen LogP contribution in [0.5, 0.6) is 0 Å². The van der Waals surface area contributed by atoms with Crippen LogP contribution in [0.15, 0.2) is 66.7 Å². The van der Waals surface area contributed by atoms with Gasteiger partial charge in [0, 0.05) is 32.7 Å². The maximum absolute atomic E-state index is 12.7. The number of amides is 1. The Labute approximate surface area is 211 Å². The lowest BCUT2D eigenvalue weighted by atomic mass is 9.98. The molecule has 0 saturated carbocycles. The molecule has 3 aromatic carbocycles. The zero-order valence-corrected chi connectivity index (χ0v) is 21.5. The summed E-state index contributed by atoms with van der Waals surface area (Å²) in [7, 11) is -3.66. The fraction of sp³-hybridized carbons (Fsp3) is 0.250. The minimum absolute atomic E-state index is 0.0525. The van der Waals surface area contributed by atoms with E-state index in [1.807, 2.05) is 62.4 Å². The molecule has 5 nitrogen and oxygen atoms in total. The highest BCUT2D eigenvalue weighted by atomic mass is 35.5. The molecule has 2 N–H and O–H groups in total. The second-order valence-corrected chi connectivity index (χ2v) is 11.1. The first-order valence-corrected chi connectivity index (χ1v) is 13.8. The summed E-state index contributed by atoms with van der Waals surface area (Å²) in [6.45, 7) is 4.00. The van der Waals surface area contributed by atoms with Crippen molar-refractivity contribution >= 4 is 38.4 Å². The first-order chi connectivity index (χ1) is 16.8. The number of nitrogens with one attached hydrogen (secondary N) is 2. The molecule has 1 heterocycles. The first-order valence-electron chi connectivity index (χ1n) is 11.8. The van der Waals surface area contributed by atoms with Crippen LogP contribution in [0.4, 0.5) is 0 Å². The SMILES string of the molecule is CCCCCS(=O)(=O)NC(=O)c1ccc2[nH]c(C)c(Cc3ccc(-c4ccccc4)c(Cl)c3)c2c1. The molecular formula is C28H29ClN2O3S. The number of aromatic amines is 1. The van der Waals surface area contributed by atoms with Gasteiger partial charge in [-0.1, -0.05) is 73.8 Å². The summed E-state index contributed by atoms with van der Waals surface area (Å²) < 4.78 is 26.8. The summed E-state index contributed by atoms with van der Waals surface area (Å²) in [5.74, 6) is -0.660. The van der Waals surface area contributed by atoms with Crippen molar-refractivity contribution in [2.75, 3.05) is 5.75 Å². The molecule has 4 rings (SSSR count). The molecule has 35 heavy (non-hydrogen) atoms. The molecular weight excluding hydrogens is 480 g/mol.